The van der Waals surface area contributed by atoms with Crippen LogP contribution in [0.15, 0.2) is 18.3 Å². The first kappa shape index (κ1) is 13.8. The van der Waals surface area contributed by atoms with Gasteiger partial charge in [0, 0.05) is 12.2 Å². The van der Waals surface area contributed by atoms with Gasteiger partial charge in [0.25, 0.3) is 5.91 Å². The number of carbonyl (C=O) groups is 2. The van der Waals surface area contributed by atoms with Gasteiger partial charge >= 0.3 is 5.97 Å². The van der Waals surface area contributed by atoms with Crippen molar-refractivity contribution >= 4 is 23.5 Å². The highest BCUT2D eigenvalue weighted by Gasteiger charge is 2.28. The first-order valence-electron chi connectivity index (χ1n) is 6.21. The number of amides is 1. The molecule has 19 heavy (non-hydrogen) atoms. The summed E-state index contributed by atoms with van der Waals surface area (Å²) in [6.45, 7) is 0. The van der Waals surface area contributed by atoms with Crippen LogP contribution in [0.5, 0.6) is 0 Å². The zero-order chi connectivity index (χ0) is 13.8. The summed E-state index contributed by atoms with van der Waals surface area (Å²) >= 11 is 5.70. The summed E-state index contributed by atoms with van der Waals surface area (Å²) in [4.78, 5) is 26.8. The first-order chi connectivity index (χ1) is 9.06. The van der Waals surface area contributed by atoms with E-state index in [9.17, 15) is 9.59 Å². The SMILES string of the molecule is O=C(NC1CCCC(C(=O)O)C1)c1ccc(Cl)cn1. The molecule has 6 heteroatoms. The Hall–Kier alpha value is -1.62. The van der Waals surface area contributed by atoms with E-state index in [1.165, 1.54) is 6.20 Å². The highest BCUT2D eigenvalue weighted by molar-refractivity contribution is 6.30. The molecule has 5 nitrogen and oxygen atoms in total. The molecular weight excluding hydrogens is 268 g/mol. The second-order valence-corrected chi connectivity index (χ2v) is 5.17. The van der Waals surface area contributed by atoms with Gasteiger partial charge in [0.1, 0.15) is 5.69 Å². The Bertz CT molecular complexity index is 475. The fourth-order valence-corrected chi connectivity index (χ4v) is 2.43. The molecule has 1 fully saturated rings. The number of nitrogens with one attached hydrogen (secondary N) is 1. The van der Waals surface area contributed by atoms with E-state index in [-0.39, 0.29) is 17.9 Å². The summed E-state index contributed by atoms with van der Waals surface area (Å²) in [5.41, 5.74) is 0.293. The van der Waals surface area contributed by atoms with Gasteiger partial charge in [0.15, 0.2) is 0 Å². The Balaban J connectivity index is 1.95. The predicted molar refractivity (Wildman–Crippen MR) is 70.1 cm³/mol. The maximum atomic E-state index is 11.9. The van der Waals surface area contributed by atoms with Gasteiger partial charge < -0.3 is 10.4 Å². The van der Waals surface area contributed by atoms with Crippen molar-refractivity contribution in [2.75, 3.05) is 0 Å². The van der Waals surface area contributed by atoms with Crippen molar-refractivity contribution in [1.29, 1.82) is 0 Å². The quantitative estimate of drug-likeness (QED) is 0.890. The smallest absolute Gasteiger partial charge is 0.306 e. The molecule has 0 spiro atoms. The molecule has 1 saturated carbocycles. The molecule has 1 heterocycles. The Morgan fingerprint density at radius 3 is 2.79 bits per heavy atom. The van der Waals surface area contributed by atoms with Crippen molar-refractivity contribution < 1.29 is 14.7 Å². The molecule has 1 aromatic heterocycles. The summed E-state index contributed by atoms with van der Waals surface area (Å²) in [7, 11) is 0. The summed E-state index contributed by atoms with van der Waals surface area (Å²) < 4.78 is 0. The van der Waals surface area contributed by atoms with Crippen molar-refractivity contribution in [2.24, 2.45) is 5.92 Å². The molecule has 0 bridgehead atoms. The Morgan fingerprint density at radius 2 is 2.16 bits per heavy atom. The normalized spacial score (nSPS) is 22.8. The Labute approximate surface area is 116 Å². The number of aromatic nitrogens is 1. The lowest BCUT2D eigenvalue weighted by atomic mass is 9.86. The summed E-state index contributed by atoms with van der Waals surface area (Å²) in [5.74, 6) is -1.44. The van der Waals surface area contributed by atoms with Gasteiger partial charge in [-0.25, -0.2) is 4.98 Å². The Morgan fingerprint density at radius 1 is 1.37 bits per heavy atom. The number of carboxylic acids is 1. The highest BCUT2D eigenvalue weighted by Crippen LogP contribution is 2.24. The molecule has 0 radical (unpaired) electrons. The van der Waals surface area contributed by atoms with Crippen LogP contribution < -0.4 is 5.32 Å². The number of carboxylic acid groups (broad SMARTS) is 1. The number of carbonyl (C=O) groups excluding carboxylic acids is 1. The minimum absolute atomic E-state index is 0.0974. The van der Waals surface area contributed by atoms with E-state index in [0.29, 0.717) is 23.6 Å². The van der Waals surface area contributed by atoms with Crippen molar-refractivity contribution in [3.63, 3.8) is 0 Å². The van der Waals surface area contributed by atoms with Gasteiger partial charge in [0.05, 0.1) is 10.9 Å². The summed E-state index contributed by atoms with van der Waals surface area (Å²) in [5, 5.41) is 12.3. The lowest BCUT2D eigenvalue weighted by molar-refractivity contribution is -0.143. The number of halogens is 1. The second kappa shape index (κ2) is 6.02. The van der Waals surface area contributed by atoms with Gasteiger partial charge in [-0.3, -0.25) is 9.59 Å². The maximum absolute atomic E-state index is 11.9. The molecule has 0 saturated heterocycles. The summed E-state index contributed by atoms with van der Waals surface area (Å²) in [6.07, 6.45) is 4.20. The van der Waals surface area contributed by atoms with Crippen LogP contribution in [0, 0.1) is 5.92 Å². The number of hydrogen-bond acceptors (Lipinski definition) is 3. The lowest BCUT2D eigenvalue weighted by Crippen LogP contribution is -2.40. The third-order valence-electron chi connectivity index (χ3n) is 3.32. The van der Waals surface area contributed by atoms with E-state index in [2.05, 4.69) is 10.3 Å². The van der Waals surface area contributed by atoms with Crippen LogP contribution in [-0.2, 0) is 4.79 Å². The number of rotatable bonds is 3. The largest absolute Gasteiger partial charge is 0.481 e. The molecule has 1 aliphatic carbocycles. The minimum Gasteiger partial charge on any atom is -0.481 e. The molecule has 102 valence electrons. The van der Waals surface area contributed by atoms with E-state index < -0.39 is 5.97 Å². The van der Waals surface area contributed by atoms with E-state index in [1.54, 1.807) is 12.1 Å². The molecule has 2 rings (SSSR count). The average molecular weight is 283 g/mol. The van der Waals surface area contributed by atoms with Crippen molar-refractivity contribution in [2.45, 2.75) is 31.7 Å². The monoisotopic (exact) mass is 282 g/mol. The fraction of sp³-hybridized carbons (Fsp3) is 0.462. The van der Waals surface area contributed by atoms with Crippen molar-refractivity contribution in [3.05, 3.63) is 29.0 Å². The second-order valence-electron chi connectivity index (χ2n) is 4.73. The predicted octanol–water partition coefficient (Wildman–Crippen LogP) is 2.11. The van der Waals surface area contributed by atoms with Gasteiger partial charge in [0.2, 0.25) is 0 Å². The molecule has 0 aromatic carbocycles. The molecule has 1 aliphatic rings. The number of hydrogen-bond donors (Lipinski definition) is 2. The topological polar surface area (TPSA) is 79.3 Å². The van der Waals surface area contributed by atoms with Crippen LogP contribution >= 0.6 is 11.6 Å². The third kappa shape index (κ3) is 3.67. The van der Waals surface area contributed by atoms with Crippen molar-refractivity contribution in [3.8, 4) is 0 Å². The number of nitrogens with zero attached hydrogens (tertiary/aromatic N) is 1. The molecule has 2 N–H and O–H groups in total. The van der Waals surface area contributed by atoms with Crippen LogP contribution in [0.25, 0.3) is 0 Å². The number of pyridine rings is 1. The average Bonchev–Trinajstić information content (AvgIpc) is 2.39. The van der Waals surface area contributed by atoms with Crippen LogP contribution in [0.1, 0.15) is 36.2 Å². The highest BCUT2D eigenvalue weighted by atomic mass is 35.5. The van der Waals surface area contributed by atoms with Gasteiger partial charge in [-0.05, 0) is 31.4 Å². The maximum Gasteiger partial charge on any atom is 0.306 e. The Kier molecular flexibility index (Phi) is 4.37. The first-order valence-corrected chi connectivity index (χ1v) is 6.59. The standard InChI is InChI=1S/C13H15ClN2O3/c14-9-4-5-11(15-7-9)12(17)16-10-3-1-2-8(6-10)13(18)19/h4-5,7-8,10H,1-3,6H2,(H,16,17)(H,18,19). The molecule has 2 atom stereocenters. The van der Waals surface area contributed by atoms with Crippen molar-refractivity contribution in [1.82, 2.24) is 10.3 Å². The summed E-state index contributed by atoms with van der Waals surface area (Å²) in [6, 6.07) is 3.05. The van der Waals surface area contributed by atoms with E-state index in [4.69, 9.17) is 16.7 Å². The third-order valence-corrected chi connectivity index (χ3v) is 3.54. The van der Waals surface area contributed by atoms with E-state index >= 15 is 0 Å². The molecule has 0 aliphatic heterocycles. The zero-order valence-electron chi connectivity index (χ0n) is 10.3. The van der Waals surface area contributed by atoms with Crippen LogP contribution in [0.4, 0.5) is 0 Å². The van der Waals surface area contributed by atoms with E-state index in [0.717, 1.165) is 12.8 Å². The van der Waals surface area contributed by atoms with Crippen LogP contribution in [0.2, 0.25) is 5.02 Å². The van der Waals surface area contributed by atoms with Gasteiger partial charge in [-0.1, -0.05) is 18.0 Å². The molecule has 1 amide bonds. The van der Waals surface area contributed by atoms with Crippen LogP contribution in [0.3, 0.4) is 0 Å². The van der Waals surface area contributed by atoms with E-state index in [1.807, 2.05) is 0 Å². The fourth-order valence-electron chi connectivity index (χ4n) is 2.31. The zero-order valence-corrected chi connectivity index (χ0v) is 11.1. The molecular formula is C13H15ClN2O3. The lowest BCUT2D eigenvalue weighted by Gasteiger charge is -2.27. The van der Waals surface area contributed by atoms with Crippen LogP contribution in [-0.4, -0.2) is 28.0 Å². The molecule has 1 aromatic rings. The molecule has 2 unspecified atom stereocenters. The van der Waals surface area contributed by atoms with Gasteiger partial charge in [-0.2, -0.15) is 0 Å². The minimum atomic E-state index is -0.788. The van der Waals surface area contributed by atoms with Gasteiger partial charge in [-0.15, -0.1) is 0 Å². The number of aliphatic carboxylic acids is 1.